The zero-order chi connectivity index (χ0) is 20.7. The van der Waals surface area contributed by atoms with E-state index in [4.69, 9.17) is 5.73 Å². The molecule has 2 N–H and O–H groups in total. The van der Waals surface area contributed by atoms with E-state index in [0.717, 1.165) is 22.6 Å². The first-order valence-corrected chi connectivity index (χ1v) is 9.37. The number of fused-ring (bicyclic) bond motifs is 2. The van der Waals surface area contributed by atoms with Crippen molar-refractivity contribution in [1.82, 2.24) is 19.4 Å². The van der Waals surface area contributed by atoms with Crippen LogP contribution in [0.5, 0.6) is 0 Å². The van der Waals surface area contributed by atoms with Crippen LogP contribution in [0.25, 0.3) is 27.8 Å². The second kappa shape index (κ2) is 6.98. The molecular weight excluding hydrogens is 377 g/mol. The van der Waals surface area contributed by atoms with Crippen molar-refractivity contribution in [3.63, 3.8) is 0 Å². The Balaban J connectivity index is 1.71. The van der Waals surface area contributed by atoms with Gasteiger partial charge in [0.25, 0.3) is 0 Å². The molecule has 0 aliphatic carbocycles. The first-order chi connectivity index (χ1) is 14.6. The summed E-state index contributed by atoms with van der Waals surface area (Å²) in [5.41, 5.74) is 10.9. The number of aryl methyl sites for hydroxylation is 1. The van der Waals surface area contributed by atoms with Crippen molar-refractivity contribution in [1.29, 1.82) is 0 Å². The summed E-state index contributed by atoms with van der Waals surface area (Å²) in [6, 6.07) is 16.1. The van der Waals surface area contributed by atoms with Gasteiger partial charge in [0.05, 0.1) is 11.4 Å². The third-order valence-corrected chi connectivity index (χ3v) is 4.91. The van der Waals surface area contributed by atoms with E-state index < -0.39 is 0 Å². The normalized spacial score (nSPS) is 10.9. The molecule has 0 atom stereocenters. The van der Waals surface area contributed by atoms with E-state index in [1.807, 2.05) is 41.8 Å². The lowest BCUT2D eigenvalue weighted by molar-refractivity contribution is 0.636. The lowest BCUT2D eigenvalue weighted by Crippen LogP contribution is -1.98. The molecule has 0 aliphatic heterocycles. The smallest absolute Gasteiger partial charge is 0.149 e. The first kappa shape index (κ1) is 17.8. The van der Waals surface area contributed by atoms with Gasteiger partial charge in [-0.1, -0.05) is 12.0 Å². The fourth-order valence-corrected chi connectivity index (χ4v) is 3.57. The van der Waals surface area contributed by atoms with E-state index in [-0.39, 0.29) is 5.82 Å². The van der Waals surface area contributed by atoms with Crippen LogP contribution in [-0.2, 0) is 0 Å². The van der Waals surface area contributed by atoms with E-state index in [1.54, 1.807) is 30.5 Å². The molecule has 0 fully saturated rings. The van der Waals surface area contributed by atoms with E-state index >= 15 is 0 Å². The second-order valence-electron chi connectivity index (χ2n) is 6.85. The Morgan fingerprint density at radius 3 is 2.77 bits per heavy atom. The highest BCUT2D eigenvalue weighted by Gasteiger charge is 2.15. The lowest BCUT2D eigenvalue weighted by Gasteiger charge is -2.07. The molecule has 0 unspecified atom stereocenters. The zero-order valence-corrected chi connectivity index (χ0v) is 16.1. The maximum Gasteiger partial charge on any atom is 0.149 e. The minimum absolute atomic E-state index is 0.294. The molecule has 5 nitrogen and oxygen atoms in total. The van der Waals surface area contributed by atoms with Gasteiger partial charge in [-0.2, -0.15) is 0 Å². The lowest BCUT2D eigenvalue weighted by atomic mass is 10.1. The highest BCUT2D eigenvalue weighted by Crippen LogP contribution is 2.28. The summed E-state index contributed by atoms with van der Waals surface area (Å²) < 4.78 is 16.1. The summed E-state index contributed by atoms with van der Waals surface area (Å²) in [6.45, 7) is 1.95. The molecule has 0 bridgehead atoms. The zero-order valence-electron chi connectivity index (χ0n) is 16.1. The van der Waals surface area contributed by atoms with Gasteiger partial charge in [-0.05, 0) is 61.4 Å². The van der Waals surface area contributed by atoms with Gasteiger partial charge in [-0.15, -0.1) is 0 Å². The van der Waals surface area contributed by atoms with Gasteiger partial charge in [-0.25, -0.2) is 14.4 Å². The summed E-state index contributed by atoms with van der Waals surface area (Å²) in [5, 5.41) is 0.654. The molecule has 0 spiro atoms. The quantitative estimate of drug-likeness (QED) is 0.429. The SMILES string of the molecule is Cc1nc2ccccn2c1-c1ccc(N)nc1C#Cc1ccc(F)c2ncccc12. The monoisotopic (exact) mass is 393 g/mol. The number of halogens is 1. The molecule has 30 heavy (non-hydrogen) atoms. The standard InChI is InChI=1S/C24H16FN5/c1-15-24(30-14-3-2-6-22(30)28-15)18-9-12-21(26)29-20(18)11-8-16-7-10-19(25)23-17(16)5-4-13-27-23/h2-7,9-10,12-14H,1H3,(H2,26,29). The third-order valence-electron chi connectivity index (χ3n) is 4.91. The van der Waals surface area contributed by atoms with Crippen LogP contribution in [0.4, 0.5) is 10.2 Å². The van der Waals surface area contributed by atoms with Crippen LogP contribution >= 0.6 is 0 Å². The Morgan fingerprint density at radius 2 is 1.87 bits per heavy atom. The molecule has 0 radical (unpaired) electrons. The maximum absolute atomic E-state index is 14.1. The number of aromatic nitrogens is 4. The largest absolute Gasteiger partial charge is 0.384 e. The fraction of sp³-hybridized carbons (Fsp3) is 0.0417. The van der Waals surface area contributed by atoms with Crippen LogP contribution in [-0.4, -0.2) is 19.4 Å². The van der Waals surface area contributed by atoms with Crippen molar-refractivity contribution in [3.05, 3.63) is 89.8 Å². The number of benzene rings is 1. The second-order valence-corrected chi connectivity index (χ2v) is 6.85. The molecule has 5 aromatic rings. The van der Waals surface area contributed by atoms with E-state index in [2.05, 4.69) is 26.8 Å². The van der Waals surface area contributed by atoms with Crippen LogP contribution in [0, 0.1) is 24.6 Å². The van der Waals surface area contributed by atoms with Crippen molar-refractivity contribution < 1.29 is 4.39 Å². The molecule has 6 heteroatoms. The summed E-state index contributed by atoms with van der Waals surface area (Å²) in [4.78, 5) is 13.2. The first-order valence-electron chi connectivity index (χ1n) is 9.37. The number of rotatable bonds is 1. The number of anilines is 1. The van der Waals surface area contributed by atoms with E-state index in [1.165, 1.54) is 6.07 Å². The number of hydrogen-bond donors (Lipinski definition) is 1. The van der Waals surface area contributed by atoms with Crippen molar-refractivity contribution in [2.45, 2.75) is 6.92 Å². The fourth-order valence-electron chi connectivity index (χ4n) is 3.57. The van der Waals surface area contributed by atoms with Crippen LogP contribution in [0.3, 0.4) is 0 Å². The highest BCUT2D eigenvalue weighted by atomic mass is 19.1. The minimum atomic E-state index is -0.375. The van der Waals surface area contributed by atoms with Gasteiger partial charge >= 0.3 is 0 Å². The van der Waals surface area contributed by atoms with Gasteiger partial charge in [0.2, 0.25) is 0 Å². The molecule has 1 aromatic carbocycles. The molecular formula is C24H16FN5. The predicted octanol–water partition coefficient (Wildman–Crippen LogP) is 4.37. The summed E-state index contributed by atoms with van der Waals surface area (Å²) in [7, 11) is 0. The summed E-state index contributed by atoms with van der Waals surface area (Å²) in [5.74, 6) is 6.25. The Hall–Kier alpha value is -4.24. The van der Waals surface area contributed by atoms with Crippen molar-refractivity contribution in [2.24, 2.45) is 0 Å². The average molecular weight is 393 g/mol. The Labute approximate surface area is 172 Å². The van der Waals surface area contributed by atoms with Gasteiger partial charge in [0.1, 0.15) is 28.5 Å². The van der Waals surface area contributed by atoms with Gasteiger partial charge in [-0.3, -0.25) is 9.38 Å². The Bertz CT molecular complexity index is 1490. The van der Waals surface area contributed by atoms with Crippen molar-refractivity contribution in [3.8, 4) is 23.1 Å². The highest BCUT2D eigenvalue weighted by molar-refractivity contribution is 5.85. The molecule has 4 heterocycles. The van der Waals surface area contributed by atoms with Crippen LogP contribution in [0.2, 0.25) is 0 Å². The van der Waals surface area contributed by atoms with Crippen LogP contribution < -0.4 is 5.73 Å². The van der Waals surface area contributed by atoms with Gasteiger partial charge in [0, 0.05) is 28.9 Å². The number of nitrogens with zero attached hydrogens (tertiary/aromatic N) is 4. The van der Waals surface area contributed by atoms with Crippen molar-refractivity contribution >= 4 is 22.4 Å². The summed E-state index contributed by atoms with van der Waals surface area (Å²) in [6.07, 6.45) is 3.52. The predicted molar refractivity (Wildman–Crippen MR) is 115 cm³/mol. The average Bonchev–Trinajstić information content (AvgIpc) is 3.09. The van der Waals surface area contributed by atoms with Crippen molar-refractivity contribution in [2.75, 3.05) is 5.73 Å². The molecule has 0 saturated heterocycles. The van der Waals surface area contributed by atoms with Gasteiger partial charge in [0.15, 0.2) is 0 Å². The number of imidazole rings is 1. The third kappa shape index (κ3) is 2.93. The van der Waals surface area contributed by atoms with E-state index in [0.29, 0.717) is 28.0 Å². The van der Waals surface area contributed by atoms with E-state index in [9.17, 15) is 4.39 Å². The Kier molecular flexibility index (Phi) is 4.15. The molecule has 0 saturated carbocycles. The minimum Gasteiger partial charge on any atom is -0.384 e. The molecule has 4 aromatic heterocycles. The number of nitrogens with two attached hydrogens (primary N) is 1. The molecule has 0 aliphatic rings. The molecule has 0 amide bonds. The number of hydrogen-bond acceptors (Lipinski definition) is 4. The summed E-state index contributed by atoms with van der Waals surface area (Å²) >= 11 is 0. The van der Waals surface area contributed by atoms with Gasteiger partial charge < -0.3 is 5.73 Å². The Morgan fingerprint density at radius 1 is 0.967 bits per heavy atom. The topological polar surface area (TPSA) is 69.1 Å². The van der Waals surface area contributed by atoms with Crippen LogP contribution in [0.1, 0.15) is 17.0 Å². The molecule has 5 rings (SSSR count). The number of nitrogen functional groups attached to an aromatic ring is 1. The number of pyridine rings is 3. The molecule has 144 valence electrons. The maximum atomic E-state index is 14.1. The van der Waals surface area contributed by atoms with Crippen LogP contribution in [0.15, 0.2) is 67.0 Å².